The highest BCUT2D eigenvalue weighted by molar-refractivity contribution is 8.00. The molecule has 26 heavy (non-hydrogen) atoms. The van der Waals surface area contributed by atoms with Gasteiger partial charge in [-0.2, -0.15) is 0 Å². The zero-order chi connectivity index (χ0) is 18.5. The van der Waals surface area contributed by atoms with Crippen LogP contribution in [0.5, 0.6) is 0 Å². The number of thioether (sulfide) groups is 1. The van der Waals surface area contributed by atoms with Crippen molar-refractivity contribution in [2.24, 2.45) is 0 Å². The van der Waals surface area contributed by atoms with Crippen LogP contribution < -0.4 is 0 Å². The van der Waals surface area contributed by atoms with Gasteiger partial charge in [-0.05, 0) is 30.4 Å². The molecule has 0 amide bonds. The van der Waals surface area contributed by atoms with Crippen molar-refractivity contribution < 1.29 is 14.3 Å². The number of carbonyl (C=O) groups excluding carboxylic acids is 2. The van der Waals surface area contributed by atoms with Crippen LogP contribution in [-0.2, 0) is 16.0 Å². The third-order valence-corrected chi connectivity index (χ3v) is 5.68. The van der Waals surface area contributed by atoms with Crippen LogP contribution in [0.2, 0.25) is 0 Å². The number of fused-ring (bicyclic) bond motifs is 1. The smallest absolute Gasteiger partial charge is 0.317 e. The van der Waals surface area contributed by atoms with Crippen LogP contribution in [0.15, 0.2) is 47.1 Å². The molecule has 3 rings (SSSR count). The van der Waals surface area contributed by atoms with Gasteiger partial charge in [-0.15, -0.1) is 11.3 Å². The van der Waals surface area contributed by atoms with Crippen molar-refractivity contribution >= 4 is 45.1 Å². The predicted molar refractivity (Wildman–Crippen MR) is 104 cm³/mol. The Balaban J connectivity index is 1.56. The molecule has 0 unspecified atom stereocenters. The molecular formula is C19H18N2O3S2. The maximum atomic E-state index is 12.4. The Hall–Kier alpha value is -2.25. The minimum absolute atomic E-state index is 0.0916. The first-order chi connectivity index (χ1) is 12.6. The summed E-state index contributed by atoms with van der Waals surface area (Å²) in [6.07, 6.45) is 1.58. The standard InChI is InChI=1S/C19H18N2O3S2/c1-3-13-4-6-14(7-5-13)17(23)12(2)24-16(22)10-26-19-15-8-9-25-18(15)20-11-21-19/h4-9,11-12H,3,10H2,1-2H3/t12-/m1/s1. The number of nitrogens with zero attached hydrogens (tertiary/aromatic N) is 2. The number of hydrogen-bond donors (Lipinski definition) is 0. The molecule has 0 fully saturated rings. The Morgan fingerprint density at radius 3 is 2.69 bits per heavy atom. The van der Waals surface area contributed by atoms with Gasteiger partial charge >= 0.3 is 5.97 Å². The molecule has 1 aromatic carbocycles. The number of aryl methyl sites for hydroxylation is 1. The monoisotopic (exact) mass is 386 g/mol. The third-order valence-electron chi connectivity index (χ3n) is 3.88. The molecule has 1 atom stereocenters. The van der Waals surface area contributed by atoms with Crippen LogP contribution in [0.1, 0.15) is 29.8 Å². The number of carbonyl (C=O) groups is 2. The summed E-state index contributed by atoms with van der Waals surface area (Å²) in [6, 6.07) is 9.31. The van der Waals surface area contributed by atoms with E-state index in [1.54, 1.807) is 19.1 Å². The summed E-state index contributed by atoms with van der Waals surface area (Å²) in [5.74, 6) is -0.551. The minimum Gasteiger partial charge on any atom is -0.454 e. The van der Waals surface area contributed by atoms with Crippen molar-refractivity contribution in [3.63, 3.8) is 0 Å². The molecule has 2 heterocycles. The second-order valence-corrected chi connectivity index (χ2v) is 7.51. The molecule has 0 spiro atoms. The second-order valence-electron chi connectivity index (χ2n) is 5.65. The van der Waals surface area contributed by atoms with Gasteiger partial charge in [-0.3, -0.25) is 9.59 Å². The Morgan fingerprint density at radius 1 is 1.19 bits per heavy atom. The Kier molecular flexibility index (Phi) is 6.00. The van der Waals surface area contributed by atoms with Crippen LogP contribution in [0, 0.1) is 0 Å². The molecule has 0 saturated carbocycles. The van der Waals surface area contributed by atoms with E-state index in [2.05, 4.69) is 16.9 Å². The number of aromatic nitrogens is 2. The molecule has 0 aliphatic heterocycles. The number of rotatable bonds is 7. The Bertz CT molecular complexity index is 922. The molecule has 3 aromatic rings. The molecular weight excluding hydrogens is 368 g/mol. The van der Waals surface area contributed by atoms with Crippen LogP contribution in [-0.4, -0.2) is 33.6 Å². The highest BCUT2D eigenvalue weighted by Gasteiger charge is 2.20. The summed E-state index contributed by atoms with van der Waals surface area (Å²) >= 11 is 2.81. The lowest BCUT2D eigenvalue weighted by Gasteiger charge is -2.12. The molecule has 5 nitrogen and oxygen atoms in total. The van der Waals surface area contributed by atoms with Crippen LogP contribution in [0.4, 0.5) is 0 Å². The first-order valence-corrected chi connectivity index (χ1v) is 10.1. The Labute approximate surface area is 159 Å². The molecule has 0 saturated heterocycles. The SMILES string of the molecule is CCc1ccc(C(=O)[C@@H](C)OC(=O)CSc2ncnc3sccc23)cc1. The van der Waals surface area contributed by atoms with E-state index in [9.17, 15) is 9.59 Å². The predicted octanol–water partition coefficient (Wildman–Crippen LogP) is 4.16. The highest BCUT2D eigenvalue weighted by Crippen LogP contribution is 2.27. The summed E-state index contributed by atoms with van der Waals surface area (Å²) < 4.78 is 5.29. The fourth-order valence-electron chi connectivity index (χ4n) is 2.43. The Morgan fingerprint density at radius 2 is 1.96 bits per heavy atom. The van der Waals surface area contributed by atoms with E-state index in [1.165, 1.54) is 29.4 Å². The molecule has 0 N–H and O–H groups in total. The average Bonchev–Trinajstić information content (AvgIpc) is 3.15. The number of hydrogen-bond acceptors (Lipinski definition) is 7. The molecule has 0 bridgehead atoms. The number of ketones is 1. The maximum Gasteiger partial charge on any atom is 0.317 e. The van der Waals surface area contributed by atoms with Gasteiger partial charge in [0.25, 0.3) is 0 Å². The summed E-state index contributed by atoms with van der Waals surface area (Å²) in [4.78, 5) is 33.8. The van der Waals surface area contributed by atoms with Gasteiger partial charge in [0, 0.05) is 10.9 Å². The maximum absolute atomic E-state index is 12.4. The van der Waals surface area contributed by atoms with Gasteiger partial charge < -0.3 is 4.74 Å². The largest absolute Gasteiger partial charge is 0.454 e. The first-order valence-electron chi connectivity index (χ1n) is 8.22. The minimum atomic E-state index is -0.817. The van der Waals surface area contributed by atoms with E-state index in [0.717, 1.165) is 27.2 Å². The summed E-state index contributed by atoms with van der Waals surface area (Å²) in [7, 11) is 0. The van der Waals surface area contributed by atoms with E-state index in [0.29, 0.717) is 5.56 Å². The first kappa shape index (κ1) is 18.5. The fraction of sp³-hybridized carbons (Fsp3) is 0.263. The average molecular weight is 386 g/mol. The number of benzene rings is 1. The lowest BCUT2D eigenvalue weighted by molar-refractivity contribution is -0.143. The van der Waals surface area contributed by atoms with E-state index in [4.69, 9.17) is 4.74 Å². The van der Waals surface area contributed by atoms with E-state index in [-0.39, 0.29) is 11.5 Å². The number of ether oxygens (including phenoxy) is 1. The normalized spacial score (nSPS) is 12.1. The molecule has 0 aliphatic carbocycles. The number of esters is 1. The zero-order valence-corrected chi connectivity index (χ0v) is 16.1. The van der Waals surface area contributed by atoms with E-state index < -0.39 is 12.1 Å². The van der Waals surface area contributed by atoms with Crippen LogP contribution in [0.3, 0.4) is 0 Å². The van der Waals surface area contributed by atoms with E-state index >= 15 is 0 Å². The highest BCUT2D eigenvalue weighted by atomic mass is 32.2. The topological polar surface area (TPSA) is 69.2 Å². The number of Topliss-reactive ketones (excluding diaryl/α,β-unsaturated/α-hetero) is 1. The molecule has 0 aliphatic rings. The molecule has 134 valence electrons. The van der Waals surface area contributed by atoms with Crippen molar-refractivity contribution in [3.05, 3.63) is 53.2 Å². The zero-order valence-electron chi connectivity index (χ0n) is 14.5. The van der Waals surface area contributed by atoms with E-state index in [1.807, 2.05) is 23.6 Å². The van der Waals surface area contributed by atoms with Gasteiger partial charge in [-0.25, -0.2) is 9.97 Å². The van der Waals surface area contributed by atoms with Gasteiger partial charge in [0.05, 0.1) is 5.75 Å². The van der Waals surface area contributed by atoms with Crippen LogP contribution >= 0.6 is 23.1 Å². The summed E-state index contributed by atoms with van der Waals surface area (Å²) in [5.41, 5.74) is 1.71. The van der Waals surface area contributed by atoms with Gasteiger partial charge in [0.1, 0.15) is 16.2 Å². The second kappa shape index (κ2) is 8.42. The van der Waals surface area contributed by atoms with Gasteiger partial charge in [-0.1, -0.05) is 43.0 Å². The molecule has 7 heteroatoms. The third kappa shape index (κ3) is 4.28. The van der Waals surface area contributed by atoms with Crippen molar-refractivity contribution in [1.82, 2.24) is 9.97 Å². The van der Waals surface area contributed by atoms with Crippen molar-refractivity contribution in [1.29, 1.82) is 0 Å². The van der Waals surface area contributed by atoms with Crippen LogP contribution in [0.25, 0.3) is 10.2 Å². The van der Waals surface area contributed by atoms with Crippen molar-refractivity contribution in [3.8, 4) is 0 Å². The number of thiophene rings is 1. The van der Waals surface area contributed by atoms with Gasteiger partial charge in [0.2, 0.25) is 5.78 Å². The lowest BCUT2D eigenvalue weighted by Crippen LogP contribution is -2.25. The lowest BCUT2D eigenvalue weighted by atomic mass is 10.0. The molecule has 2 aromatic heterocycles. The summed E-state index contributed by atoms with van der Waals surface area (Å²) in [5, 5.41) is 3.60. The van der Waals surface area contributed by atoms with Crippen molar-refractivity contribution in [2.75, 3.05) is 5.75 Å². The quantitative estimate of drug-likeness (QED) is 0.263. The van der Waals surface area contributed by atoms with Crippen molar-refractivity contribution in [2.45, 2.75) is 31.4 Å². The molecule has 0 radical (unpaired) electrons. The fourth-order valence-corrected chi connectivity index (χ4v) is 4.00. The summed E-state index contributed by atoms with van der Waals surface area (Å²) in [6.45, 7) is 3.65. The van der Waals surface area contributed by atoms with Gasteiger partial charge in [0.15, 0.2) is 6.10 Å².